The number of nitrogen functional groups attached to an aromatic ring is 1. The molecule has 0 spiro atoms. The van der Waals surface area contributed by atoms with E-state index in [0.29, 0.717) is 30.3 Å². The molecule has 8 N–H and O–H groups in total. The molecule has 0 radical (unpaired) electrons. The van der Waals surface area contributed by atoms with Gasteiger partial charge in [0.25, 0.3) is 11.5 Å². The molecular weight excluding hydrogens is 472 g/mol. The first-order valence-electron chi connectivity index (χ1n) is 9.52. The van der Waals surface area contributed by atoms with Gasteiger partial charge in [-0.25, -0.2) is 9.79 Å². The number of nitrogens with two attached hydrogens (primary N) is 1. The number of H-pyrrole nitrogens is 1. The van der Waals surface area contributed by atoms with Crippen LogP contribution in [0.5, 0.6) is 0 Å². The normalized spacial score (nSPS) is 12.4. The second-order valence-electron chi connectivity index (χ2n) is 6.91. The largest absolute Gasteiger partial charge is 1.00 e. The number of carbonyl (C=O) groups is 3. The molecule has 34 heavy (non-hydrogen) atoms. The minimum Gasteiger partial charge on any atom is -0.481 e. The van der Waals surface area contributed by atoms with Gasteiger partial charge >= 0.3 is 63.3 Å². The quantitative estimate of drug-likeness (QED) is 0.165. The summed E-state index contributed by atoms with van der Waals surface area (Å²) in [7, 11) is 0. The minimum atomic E-state index is -1.31. The number of hydrogen-bond donors (Lipinski definition) is 7. The van der Waals surface area contributed by atoms with Crippen molar-refractivity contribution < 1.29 is 76.0 Å². The van der Waals surface area contributed by atoms with Crippen molar-refractivity contribution in [2.24, 2.45) is 4.99 Å². The second-order valence-corrected chi connectivity index (χ2v) is 6.91. The topological polar surface area (TPSA) is 212 Å². The summed E-state index contributed by atoms with van der Waals surface area (Å²) in [6.45, 7) is 0.682. The molecule has 0 fully saturated rings. The van der Waals surface area contributed by atoms with Crippen molar-refractivity contribution >= 4 is 55.1 Å². The molecule has 0 saturated carbocycles. The number of aromatic nitrogens is 2. The molecule has 176 valence electrons. The number of anilines is 3. The van der Waals surface area contributed by atoms with E-state index in [4.69, 9.17) is 15.9 Å². The van der Waals surface area contributed by atoms with Crippen molar-refractivity contribution in [3.63, 3.8) is 0 Å². The first-order valence-corrected chi connectivity index (χ1v) is 9.52. The molecule has 3 rings (SSSR count). The summed E-state index contributed by atoms with van der Waals surface area (Å²) in [5, 5.41) is 26.2. The van der Waals surface area contributed by atoms with Gasteiger partial charge in [-0.2, -0.15) is 4.98 Å². The number of aliphatic carboxylic acids is 2. The Labute approximate surface area is 238 Å². The van der Waals surface area contributed by atoms with Crippen molar-refractivity contribution in [2.45, 2.75) is 18.9 Å². The van der Waals surface area contributed by atoms with E-state index in [-0.39, 0.29) is 89.8 Å². The average Bonchev–Trinajstić information content (AvgIpc) is 2.75. The Bertz CT molecular complexity index is 1140. The van der Waals surface area contributed by atoms with Gasteiger partial charge in [0.05, 0.1) is 18.8 Å². The smallest absolute Gasteiger partial charge is 0.481 e. The van der Waals surface area contributed by atoms with Crippen LogP contribution in [-0.4, -0.2) is 71.3 Å². The van der Waals surface area contributed by atoms with Crippen LogP contribution in [0.3, 0.4) is 0 Å². The standard InChI is InChI=1S/C19H21N7O6.BH4.K/c20-19-25-15-14(17(30)26-19)23-11(8-22-15)7-21-10-3-1-9(2-4-10)16(29)24-12(18(31)32)5-6-13(27)28;;/h1-4,12,21H,5-8H2,(H,24,29)(H,27,28)(H,31,32)(H4,20,22,25,26,30);1H4;/q;-1;+1. The number of aromatic amines is 1. The number of benzene rings is 1. The van der Waals surface area contributed by atoms with E-state index < -0.39 is 29.4 Å². The van der Waals surface area contributed by atoms with Crippen LogP contribution in [0.1, 0.15) is 23.2 Å². The maximum absolute atomic E-state index is 12.3. The third kappa shape index (κ3) is 7.95. The number of hydrogen-bond acceptors (Lipinski definition) is 9. The van der Waals surface area contributed by atoms with Crippen LogP contribution >= 0.6 is 0 Å². The van der Waals surface area contributed by atoms with E-state index >= 15 is 0 Å². The zero-order valence-corrected chi connectivity index (χ0v) is 20.8. The Morgan fingerprint density at radius 2 is 1.85 bits per heavy atom. The van der Waals surface area contributed by atoms with Crippen LogP contribution in [0.25, 0.3) is 0 Å². The Balaban J connectivity index is 0.00000289. The van der Waals surface area contributed by atoms with Gasteiger partial charge in [-0.3, -0.25) is 19.4 Å². The number of carboxylic acids is 2. The van der Waals surface area contributed by atoms with Crippen molar-refractivity contribution in [3.8, 4) is 0 Å². The van der Waals surface area contributed by atoms with E-state index in [0.717, 1.165) is 0 Å². The van der Waals surface area contributed by atoms with Gasteiger partial charge in [0.1, 0.15) is 6.04 Å². The number of fused-ring (bicyclic) bond motifs is 1. The zero-order valence-electron chi connectivity index (χ0n) is 17.7. The molecule has 0 saturated heterocycles. The molecule has 2 aromatic rings. The maximum Gasteiger partial charge on any atom is 1.00 e. The molecule has 1 unspecified atom stereocenters. The van der Waals surface area contributed by atoms with Crippen LogP contribution in [0.15, 0.2) is 34.1 Å². The SMILES string of the molecule is Nc1nc2c(c(=O)[nH]1)N=C(CNc1ccc(C(=O)NC(CCC(=O)O)C(=O)O)cc1)CN2.[BH4-].[K+]. The Kier molecular flexibility index (Phi) is 11.4. The van der Waals surface area contributed by atoms with Crippen molar-refractivity contribution in [3.05, 3.63) is 40.2 Å². The maximum atomic E-state index is 12.3. The molecule has 1 atom stereocenters. The van der Waals surface area contributed by atoms with Gasteiger partial charge in [-0.15, -0.1) is 0 Å². The van der Waals surface area contributed by atoms with Crippen LogP contribution in [0.2, 0.25) is 0 Å². The van der Waals surface area contributed by atoms with E-state index in [1.165, 1.54) is 12.1 Å². The van der Waals surface area contributed by atoms with E-state index in [1.54, 1.807) is 12.1 Å². The van der Waals surface area contributed by atoms with Gasteiger partial charge in [0, 0.05) is 17.7 Å². The number of amides is 1. The Morgan fingerprint density at radius 3 is 2.47 bits per heavy atom. The van der Waals surface area contributed by atoms with Gasteiger partial charge < -0.3 is 31.9 Å². The molecular formula is C19H25BKN7O6. The summed E-state index contributed by atoms with van der Waals surface area (Å²) in [5.74, 6) is -2.77. The van der Waals surface area contributed by atoms with Crippen molar-refractivity contribution in [2.75, 3.05) is 29.5 Å². The van der Waals surface area contributed by atoms with E-state index in [2.05, 4.69) is 30.9 Å². The van der Waals surface area contributed by atoms with Crippen LogP contribution in [0.4, 0.5) is 23.1 Å². The summed E-state index contributed by atoms with van der Waals surface area (Å²) < 4.78 is 0. The molecule has 1 aliphatic rings. The summed E-state index contributed by atoms with van der Waals surface area (Å²) >= 11 is 0. The Morgan fingerprint density at radius 1 is 1.18 bits per heavy atom. The average molecular weight is 497 g/mol. The first kappa shape index (κ1) is 29.3. The molecule has 1 aromatic carbocycles. The van der Waals surface area contributed by atoms with Crippen molar-refractivity contribution in [1.29, 1.82) is 0 Å². The predicted octanol–water partition coefficient (Wildman–Crippen LogP) is -4.44. The molecule has 2 heterocycles. The van der Waals surface area contributed by atoms with Gasteiger partial charge in [-0.1, -0.05) is 8.41 Å². The Hall–Kier alpha value is -2.72. The summed E-state index contributed by atoms with van der Waals surface area (Å²) in [4.78, 5) is 56.7. The van der Waals surface area contributed by atoms with Crippen molar-refractivity contribution in [1.82, 2.24) is 15.3 Å². The fourth-order valence-electron chi connectivity index (χ4n) is 2.91. The molecule has 15 heteroatoms. The first-order chi connectivity index (χ1) is 15.2. The van der Waals surface area contributed by atoms with E-state index in [9.17, 15) is 19.2 Å². The molecule has 13 nitrogen and oxygen atoms in total. The molecule has 1 amide bonds. The number of rotatable bonds is 9. The summed E-state index contributed by atoms with van der Waals surface area (Å²) in [5.41, 5.74) is 6.74. The third-order valence-electron chi connectivity index (χ3n) is 4.54. The van der Waals surface area contributed by atoms with E-state index in [1.807, 2.05) is 0 Å². The number of carboxylic acid groups (broad SMARTS) is 2. The van der Waals surface area contributed by atoms with Crippen LogP contribution in [-0.2, 0) is 9.59 Å². The number of carbonyl (C=O) groups excluding carboxylic acids is 1. The van der Waals surface area contributed by atoms with Gasteiger partial charge in [-0.05, 0) is 30.7 Å². The fourth-order valence-corrected chi connectivity index (χ4v) is 2.91. The predicted molar refractivity (Wildman–Crippen MR) is 127 cm³/mol. The fraction of sp³-hybridized carbons (Fsp3) is 0.263. The van der Waals surface area contributed by atoms with Crippen LogP contribution in [0, 0.1) is 0 Å². The minimum absolute atomic E-state index is 0. The summed E-state index contributed by atoms with van der Waals surface area (Å²) in [6.07, 6.45) is -0.598. The zero-order chi connectivity index (χ0) is 23.3. The molecule has 0 bridgehead atoms. The van der Waals surface area contributed by atoms with Gasteiger partial charge in [0.15, 0.2) is 11.5 Å². The third-order valence-corrected chi connectivity index (χ3v) is 4.54. The second kappa shape index (κ2) is 13.2. The molecule has 1 aromatic heterocycles. The number of aliphatic imine (C=N–C) groups is 1. The van der Waals surface area contributed by atoms with Gasteiger partial charge in [0.2, 0.25) is 5.95 Å². The summed E-state index contributed by atoms with van der Waals surface area (Å²) in [6, 6.07) is 4.95. The number of nitrogens with zero attached hydrogens (tertiary/aromatic N) is 2. The molecule has 1 aliphatic heterocycles. The molecule has 0 aliphatic carbocycles. The van der Waals surface area contributed by atoms with Crippen LogP contribution < -0.4 is 78.6 Å². The monoisotopic (exact) mass is 497 g/mol. The number of nitrogens with one attached hydrogen (secondary N) is 4.